The molecule has 1 unspecified atom stereocenters. The molecule has 100 valence electrons. The van der Waals surface area contributed by atoms with Crippen molar-refractivity contribution in [1.29, 1.82) is 0 Å². The minimum Gasteiger partial charge on any atom is -0.313 e. The van der Waals surface area contributed by atoms with Crippen LogP contribution in [0, 0.1) is 0 Å². The fraction of sp³-hybridized carbons (Fsp3) is 0.214. The van der Waals surface area contributed by atoms with Gasteiger partial charge in [0.05, 0.1) is 5.02 Å². The van der Waals surface area contributed by atoms with Crippen LogP contribution >= 0.6 is 39.3 Å². The van der Waals surface area contributed by atoms with Crippen molar-refractivity contribution in [2.24, 2.45) is 0 Å². The molecular formula is C14H14BrClN2S. The SMILES string of the molecule is CNC(C)c1ccc(Sc2ccc(Cl)cn2)cc1Br. The Labute approximate surface area is 131 Å². The molecule has 0 spiro atoms. The fourth-order valence-corrected chi connectivity index (χ4v) is 3.40. The number of aromatic nitrogens is 1. The standard InChI is InChI=1S/C14H14BrClN2S/c1-9(17-2)12-5-4-11(7-13(12)15)19-14-6-3-10(16)8-18-14/h3-9,17H,1-2H3. The van der Waals surface area contributed by atoms with Crippen molar-refractivity contribution in [2.75, 3.05) is 7.05 Å². The molecule has 0 amide bonds. The number of rotatable bonds is 4. The van der Waals surface area contributed by atoms with Crippen LogP contribution < -0.4 is 5.32 Å². The van der Waals surface area contributed by atoms with Crippen LogP contribution in [0.1, 0.15) is 18.5 Å². The highest BCUT2D eigenvalue weighted by molar-refractivity contribution is 9.10. The predicted octanol–water partition coefficient (Wildman–Crippen LogP) is 4.93. The third kappa shape index (κ3) is 3.96. The molecular weight excluding hydrogens is 344 g/mol. The lowest BCUT2D eigenvalue weighted by molar-refractivity contribution is 0.649. The molecule has 1 heterocycles. The maximum Gasteiger partial charge on any atom is 0.101 e. The van der Waals surface area contributed by atoms with Crippen LogP contribution in [0.3, 0.4) is 0 Å². The monoisotopic (exact) mass is 356 g/mol. The number of benzene rings is 1. The van der Waals surface area contributed by atoms with Crippen LogP contribution in [0.4, 0.5) is 0 Å². The molecule has 19 heavy (non-hydrogen) atoms. The summed E-state index contributed by atoms with van der Waals surface area (Å²) < 4.78 is 1.10. The summed E-state index contributed by atoms with van der Waals surface area (Å²) >= 11 is 11.1. The lowest BCUT2D eigenvalue weighted by Gasteiger charge is -2.13. The maximum absolute atomic E-state index is 5.83. The van der Waals surface area contributed by atoms with Crippen LogP contribution in [0.5, 0.6) is 0 Å². The molecule has 5 heteroatoms. The van der Waals surface area contributed by atoms with E-state index in [-0.39, 0.29) is 0 Å². The second-order valence-corrected chi connectivity index (χ2v) is 6.49. The summed E-state index contributed by atoms with van der Waals surface area (Å²) in [6.07, 6.45) is 1.66. The minimum atomic E-state index is 0.321. The number of nitrogens with zero attached hydrogens (tertiary/aromatic N) is 1. The summed E-state index contributed by atoms with van der Waals surface area (Å²) in [5.41, 5.74) is 1.25. The average Bonchev–Trinajstić information content (AvgIpc) is 2.41. The van der Waals surface area contributed by atoms with E-state index in [1.807, 2.05) is 19.2 Å². The molecule has 1 aromatic carbocycles. The van der Waals surface area contributed by atoms with Crippen molar-refractivity contribution in [3.8, 4) is 0 Å². The molecule has 0 saturated carbocycles. The second-order valence-electron chi connectivity index (χ2n) is 4.11. The molecule has 0 aliphatic carbocycles. The summed E-state index contributed by atoms with van der Waals surface area (Å²) in [6, 6.07) is 10.4. The van der Waals surface area contributed by atoms with Gasteiger partial charge in [0.25, 0.3) is 0 Å². The van der Waals surface area contributed by atoms with Gasteiger partial charge in [0.2, 0.25) is 0 Å². The van der Waals surface area contributed by atoms with Gasteiger partial charge in [0.1, 0.15) is 5.03 Å². The molecule has 0 bridgehead atoms. The fourth-order valence-electron chi connectivity index (χ4n) is 1.62. The number of nitrogens with one attached hydrogen (secondary N) is 1. The van der Waals surface area contributed by atoms with E-state index in [1.54, 1.807) is 18.0 Å². The summed E-state index contributed by atoms with van der Waals surface area (Å²) in [7, 11) is 1.96. The molecule has 0 saturated heterocycles. The van der Waals surface area contributed by atoms with Gasteiger partial charge in [0.15, 0.2) is 0 Å². The molecule has 0 aliphatic heterocycles. The number of hydrogen-bond donors (Lipinski definition) is 1. The Bertz CT molecular complexity index is 560. The Kier molecular flexibility index (Phi) is 5.28. The van der Waals surface area contributed by atoms with Crippen molar-refractivity contribution in [1.82, 2.24) is 10.3 Å². The normalized spacial score (nSPS) is 12.4. The molecule has 2 nitrogen and oxygen atoms in total. The third-order valence-corrected chi connectivity index (χ3v) is 4.64. The van der Waals surface area contributed by atoms with E-state index in [1.165, 1.54) is 5.56 Å². The van der Waals surface area contributed by atoms with Gasteiger partial charge in [-0.05, 0) is 43.8 Å². The smallest absolute Gasteiger partial charge is 0.101 e. The van der Waals surface area contributed by atoms with Crippen molar-refractivity contribution in [2.45, 2.75) is 22.9 Å². The lowest BCUT2D eigenvalue weighted by Crippen LogP contribution is -2.12. The van der Waals surface area contributed by atoms with Crippen molar-refractivity contribution < 1.29 is 0 Å². The van der Waals surface area contributed by atoms with Crippen LogP contribution in [-0.4, -0.2) is 12.0 Å². The zero-order chi connectivity index (χ0) is 13.8. The van der Waals surface area contributed by atoms with Crippen molar-refractivity contribution >= 4 is 39.3 Å². The molecule has 1 N–H and O–H groups in total. The minimum absolute atomic E-state index is 0.321. The van der Waals surface area contributed by atoms with E-state index in [4.69, 9.17) is 11.6 Å². The molecule has 0 aliphatic rings. The largest absolute Gasteiger partial charge is 0.313 e. The highest BCUT2D eigenvalue weighted by Gasteiger charge is 2.08. The van der Waals surface area contributed by atoms with E-state index >= 15 is 0 Å². The van der Waals surface area contributed by atoms with E-state index in [0.29, 0.717) is 11.1 Å². The van der Waals surface area contributed by atoms with Crippen LogP contribution in [0.2, 0.25) is 5.02 Å². The van der Waals surface area contributed by atoms with Gasteiger partial charge in [-0.3, -0.25) is 0 Å². The van der Waals surface area contributed by atoms with Gasteiger partial charge >= 0.3 is 0 Å². The Hall–Kier alpha value is -0.550. The average molecular weight is 358 g/mol. The van der Waals surface area contributed by atoms with Gasteiger partial charge in [-0.15, -0.1) is 0 Å². The second kappa shape index (κ2) is 6.75. The van der Waals surface area contributed by atoms with E-state index < -0.39 is 0 Å². The van der Waals surface area contributed by atoms with Crippen LogP contribution in [0.25, 0.3) is 0 Å². The van der Waals surface area contributed by atoms with Gasteiger partial charge in [-0.1, -0.05) is 45.4 Å². The zero-order valence-electron chi connectivity index (χ0n) is 10.7. The molecule has 1 atom stereocenters. The van der Waals surface area contributed by atoms with Gasteiger partial charge in [0, 0.05) is 21.6 Å². The summed E-state index contributed by atoms with van der Waals surface area (Å²) in [5, 5.41) is 4.83. The van der Waals surface area contributed by atoms with Gasteiger partial charge < -0.3 is 5.32 Å². The molecule has 0 radical (unpaired) electrons. The summed E-state index contributed by atoms with van der Waals surface area (Å²) in [6.45, 7) is 2.13. The van der Waals surface area contributed by atoms with Crippen molar-refractivity contribution in [3.05, 3.63) is 51.6 Å². The maximum atomic E-state index is 5.83. The Morgan fingerprint density at radius 2 is 2.11 bits per heavy atom. The Morgan fingerprint density at radius 1 is 1.32 bits per heavy atom. The van der Waals surface area contributed by atoms with E-state index in [9.17, 15) is 0 Å². The highest BCUT2D eigenvalue weighted by Crippen LogP contribution is 2.32. The summed E-state index contributed by atoms with van der Waals surface area (Å²) in [4.78, 5) is 5.43. The van der Waals surface area contributed by atoms with Crippen LogP contribution in [-0.2, 0) is 0 Å². The van der Waals surface area contributed by atoms with Crippen molar-refractivity contribution in [3.63, 3.8) is 0 Å². The molecule has 2 aromatic rings. The predicted molar refractivity (Wildman–Crippen MR) is 85.0 cm³/mol. The Balaban J connectivity index is 2.18. The third-order valence-electron chi connectivity index (χ3n) is 2.79. The topological polar surface area (TPSA) is 24.9 Å². The molecule has 0 fully saturated rings. The molecule has 2 rings (SSSR count). The first-order valence-electron chi connectivity index (χ1n) is 5.86. The lowest BCUT2D eigenvalue weighted by atomic mass is 10.1. The summed E-state index contributed by atoms with van der Waals surface area (Å²) in [5.74, 6) is 0. The Morgan fingerprint density at radius 3 is 2.68 bits per heavy atom. The first-order valence-corrected chi connectivity index (χ1v) is 7.85. The number of hydrogen-bond acceptors (Lipinski definition) is 3. The van der Waals surface area contributed by atoms with Gasteiger partial charge in [-0.2, -0.15) is 0 Å². The number of halogens is 2. The highest BCUT2D eigenvalue weighted by atomic mass is 79.9. The quantitative estimate of drug-likeness (QED) is 0.840. The first-order chi connectivity index (χ1) is 9.10. The number of pyridine rings is 1. The van der Waals surface area contributed by atoms with Crippen LogP contribution in [0.15, 0.2) is 50.9 Å². The first kappa shape index (κ1) is 14.9. The van der Waals surface area contributed by atoms with Gasteiger partial charge in [-0.25, -0.2) is 4.98 Å². The van der Waals surface area contributed by atoms with E-state index in [2.05, 4.69) is 51.4 Å². The zero-order valence-corrected chi connectivity index (χ0v) is 13.8. The molecule has 1 aromatic heterocycles. The van der Waals surface area contributed by atoms with E-state index in [0.717, 1.165) is 14.4 Å².